The predicted octanol–water partition coefficient (Wildman–Crippen LogP) is 3.33. The molecule has 3 aliphatic rings. The van der Waals surface area contributed by atoms with E-state index in [0.29, 0.717) is 24.2 Å². The fourth-order valence-electron chi connectivity index (χ4n) is 5.94. The molecular formula is C20H24N2O. The highest BCUT2D eigenvalue weighted by molar-refractivity contribution is 5.90. The molecule has 1 saturated heterocycles. The molecule has 0 unspecified atom stereocenters. The highest BCUT2D eigenvalue weighted by Crippen LogP contribution is 2.56. The molecule has 2 fully saturated rings. The van der Waals surface area contributed by atoms with Crippen LogP contribution in [-0.2, 0) is 16.6 Å². The van der Waals surface area contributed by atoms with Crippen LogP contribution in [0.1, 0.15) is 44.9 Å². The van der Waals surface area contributed by atoms with Crippen LogP contribution in [-0.4, -0.2) is 22.3 Å². The van der Waals surface area contributed by atoms with Crippen LogP contribution < -0.4 is 5.32 Å². The van der Waals surface area contributed by atoms with Gasteiger partial charge in [-0.15, -0.1) is 0 Å². The van der Waals surface area contributed by atoms with Gasteiger partial charge in [0.2, 0.25) is 0 Å². The third kappa shape index (κ3) is 1.61. The van der Waals surface area contributed by atoms with Gasteiger partial charge in [-0.25, -0.2) is 0 Å². The molecule has 120 valence electrons. The summed E-state index contributed by atoms with van der Waals surface area (Å²) in [7, 11) is 0. The lowest BCUT2D eigenvalue weighted by Crippen LogP contribution is -2.69. The van der Waals surface area contributed by atoms with E-state index in [-0.39, 0.29) is 16.9 Å². The molecule has 3 heteroatoms. The molecule has 1 aliphatic heterocycles. The van der Waals surface area contributed by atoms with Crippen molar-refractivity contribution in [2.24, 2.45) is 11.8 Å². The number of ketones is 1. The molecular weight excluding hydrogens is 284 g/mol. The van der Waals surface area contributed by atoms with E-state index < -0.39 is 0 Å². The maximum atomic E-state index is 12.9. The number of fused-ring (bicyclic) bond motifs is 5. The topological polar surface area (TPSA) is 44.9 Å². The molecule has 0 radical (unpaired) electrons. The molecule has 2 bridgehead atoms. The third-order valence-electron chi connectivity index (χ3n) is 6.93. The van der Waals surface area contributed by atoms with E-state index in [1.807, 2.05) is 0 Å². The Morgan fingerprint density at radius 2 is 1.96 bits per heavy atom. The van der Waals surface area contributed by atoms with Gasteiger partial charge in [-0.1, -0.05) is 25.1 Å². The number of carbonyl (C=O) groups excluding carboxylic acids is 1. The minimum absolute atomic E-state index is 0.0328. The van der Waals surface area contributed by atoms with Gasteiger partial charge in [0.1, 0.15) is 5.78 Å². The summed E-state index contributed by atoms with van der Waals surface area (Å²) in [6.07, 6.45) is 2.78. The highest BCUT2D eigenvalue weighted by atomic mass is 16.1. The zero-order valence-corrected chi connectivity index (χ0v) is 14.1. The van der Waals surface area contributed by atoms with Crippen LogP contribution in [0, 0.1) is 11.8 Å². The molecule has 5 rings (SSSR count). The van der Waals surface area contributed by atoms with Gasteiger partial charge in [0, 0.05) is 52.4 Å². The largest absolute Gasteiger partial charge is 0.358 e. The van der Waals surface area contributed by atoms with E-state index in [2.05, 4.69) is 55.3 Å². The number of carbonyl (C=O) groups is 1. The fourth-order valence-corrected chi connectivity index (χ4v) is 5.94. The van der Waals surface area contributed by atoms with Crippen LogP contribution in [0.4, 0.5) is 0 Å². The summed E-state index contributed by atoms with van der Waals surface area (Å²) in [5.74, 6) is 1.17. The van der Waals surface area contributed by atoms with Crippen molar-refractivity contribution in [2.75, 3.05) is 0 Å². The summed E-state index contributed by atoms with van der Waals surface area (Å²) in [6, 6.07) is 9.04. The van der Waals surface area contributed by atoms with Crippen LogP contribution in [0.5, 0.6) is 0 Å². The van der Waals surface area contributed by atoms with Gasteiger partial charge in [0.05, 0.1) is 0 Å². The van der Waals surface area contributed by atoms with Crippen molar-refractivity contribution >= 4 is 16.7 Å². The summed E-state index contributed by atoms with van der Waals surface area (Å²) in [5, 5.41) is 5.15. The van der Waals surface area contributed by atoms with Crippen LogP contribution >= 0.6 is 0 Å². The Hall–Kier alpha value is -1.61. The number of nitrogens with one attached hydrogen (secondary N) is 2. The van der Waals surface area contributed by atoms with Crippen LogP contribution in [0.3, 0.4) is 0 Å². The van der Waals surface area contributed by atoms with Crippen LogP contribution in [0.2, 0.25) is 0 Å². The summed E-state index contributed by atoms with van der Waals surface area (Å²) < 4.78 is 0. The molecule has 2 N–H and O–H groups in total. The van der Waals surface area contributed by atoms with Crippen molar-refractivity contribution < 1.29 is 4.79 Å². The Labute approximate surface area is 136 Å². The molecule has 2 aromatic rings. The van der Waals surface area contributed by atoms with E-state index in [0.717, 1.165) is 12.8 Å². The summed E-state index contributed by atoms with van der Waals surface area (Å²) in [6.45, 7) is 6.74. The second-order valence-electron chi connectivity index (χ2n) is 8.66. The Morgan fingerprint density at radius 1 is 1.17 bits per heavy atom. The zero-order chi connectivity index (χ0) is 16.0. The van der Waals surface area contributed by atoms with Crippen molar-refractivity contribution in [3.63, 3.8) is 0 Å². The monoisotopic (exact) mass is 308 g/mol. The van der Waals surface area contributed by atoms with Gasteiger partial charge in [-0.3, -0.25) is 4.79 Å². The number of Topliss-reactive ketones (excluding diaryl/α,β-unsaturated/α-hetero) is 1. The fraction of sp³-hybridized carbons (Fsp3) is 0.550. The van der Waals surface area contributed by atoms with Crippen LogP contribution in [0.15, 0.2) is 24.3 Å². The Balaban J connectivity index is 1.76. The van der Waals surface area contributed by atoms with Crippen molar-refractivity contribution in [3.8, 4) is 0 Å². The molecule has 23 heavy (non-hydrogen) atoms. The van der Waals surface area contributed by atoms with Crippen LogP contribution in [0.25, 0.3) is 10.9 Å². The minimum Gasteiger partial charge on any atom is -0.358 e. The minimum atomic E-state index is -0.0803. The normalized spacial score (nSPS) is 37.7. The molecule has 2 heterocycles. The molecule has 4 atom stereocenters. The van der Waals surface area contributed by atoms with Crippen molar-refractivity contribution in [1.82, 2.24) is 10.3 Å². The molecule has 3 nitrogen and oxygen atoms in total. The van der Waals surface area contributed by atoms with Crippen molar-refractivity contribution in [3.05, 3.63) is 35.5 Å². The number of para-hydroxylation sites is 1. The second-order valence-corrected chi connectivity index (χ2v) is 8.66. The lowest BCUT2D eigenvalue weighted by molar-refractivity contribution is -0.136. The zero-order valence-electron chi connectivity index (χ0n) is 14.1. The van der Waals surface area contributed by atoms with Gasteiger partial charge >= 0.3 is 0 Å². The Bertz CT molecular complexity index is 833. The Morgan fingerprint density at radius 3 is 2.78 bits per heavy atom. The predicted molar refractivity (Wildman–Crippen MR) is 91.6 cm³/mol. The summed E-state index contributed by atoms with van der Waals surface area (Å²) in [5.41, 5.74) is 3.86. The van der Waals surface area contributed by atoms with Gasteiger partial charge in [0.25, 0.3) is 0 Å². The molecule has 1 aromatic heterocycles. The second kappa shape index (κ2) is 4.07. The first kappa shape index (κ1) is 13.8. The first-order chi connectivity index (χ1) is 10.9. The number of hydrogen-bond acceptors (Lipinski definition) is 2. The quantitative estimate of drug-likeness (QED) is 0.784. The SMILES string of the molecule is CC1(C)N[C@@H]2Cc3[nH]c4ccccc4c3[C@]3(C)CC(=O)[C@H]1C[C@H]23. The van der Waals surface area contributed by atoms with E-state index in [1.54, 1.807) is 0 Å². The number of piperidine rings is 1. The first-order valence-electron chi connectivity index (χ1n) is 8.80. The smallest absolute Gasteiger partial charge is 0.138 e. The molecule has 2 aliphatic carbocycles. The van der Waals surface area contributed by atoms with Gasteiger partial charge in [-0.2, -0.15) is 0 Å². The average molecular weight is 308 g/mol. The number of hydrogen-bond donors (Lipinski definition) is 2. The number of aromatic amines is 1. The van der Waals surface area contributed by atoms with E-state index in [4.69, 9.17) is 0 Å². The van der Waals surface area contributed by atoms with Crippen molar-refractivity contribution in [1.29, 1.82) is 0 Å². The van der Waals surface area contributed by atoms with E-state index >= 15 is 0 Å². The third-order valence-corrected chi connectivity index (χ3v) is 6.93. The first-order valence-corrected chi connectivity index (χ1v) is 8.80. The summed E-state index contributed by atoms with van der Waals surface area (Å²) in [4.78, 5) is 16.6. The lowest BCUT2D eigenvalue weighted by atomic mass is 9.50. The van der Waals surface area contributed by atoms with Gasteiger partial charge in [0.15, 0.2) is 0 Å². The maximum absolute atomic E-state index is 12.9. The number of aromatic nitrogens is 1. The number of rotatable bonds is 0. The number of benzene rings is 1. The lowest BCUT2D eigenvalue weighted by Gasteiger charge is -2.59. The standard InChI is InChI=1S/C20H24N2O/c1-19(2)13-8-12-15(22-19)9-16-18(20(12,3)10-17(13)23)11-6-4-5-7-14(11)21-16/h4-7,12-13,15,21-22H,8-10H2,1-3H3/t12-,13-,15-,20-/m1/s1. The van der Waals surface area contributed by atoms with Gasteiger partial charge in [-0.05, 0) is 37.8 Å². The highest BCUT2D eigenvalue weighted by Gasteiger charge is 2.58. The molecule has 1 saturated carbocycles. The Kier molecular flexibility index (Phi) is 2.44. The van der Waals surface area contributed by atoms with E-state index in [1.165, 1.54) is 22.2 Å². The number of H-pyrrole nitrogens is 1. The van der Waals surface area contributed by atoms with E-state index in [9.17, 15) is 4.79 Å². The molecule has 0 spiro atoms. The molecule has 0 amide bonds. The molecule has 1 aromatic carbocycles. The van der Waals surface area contributed by atoms with Crippen molar-refractivity contribution in [2.45, 2.75) is 57.0 Å². The summed E-state index contributed by atoms with van der Waals surface area (Å²) >= 11 is 0. The average Bonchev–Trinajstić information content (AvgIpc) is 2.84. The maximum Gasteiger partial charge on any atom is 0.138 e. The van der Waals surface area contributed by atoms with Gasteiger partial charge < -0.3 is 10.3 Å².